The first kappa shape index (κ1) is 34.6. The maximum absolute atomic E-state index is 14.0. The number of benzene rings is 1. The molecule has 5 fully saturated rings. The van der Waals surface area contributed by atoms with E-state index in [0.29, 0.717) is 25.7 Å². The Balaban J connectivity index is 0.994. The average Bonchev–Trinajstić information content (AvgIpc) is 3.69. The largest absolute Gasteiger partial charge is 0.465 e. The molecule has 1 aromatic heterocycles. The lowest BCUT2D eigenvalue weighted by atomic mass is 9.43. The summed E-state index contributed by atoms with van der Waals surface area (Å²) < 4.78 is 58.1. The van der Waals surface area contributed by atoms with Crippen molar-refractivity contribution in [2.75, 3.05) is 19.8 Å². The van der Waals surface area contributed by atoms with Gasteiger partial charge in [-0.3, -0.25) is 24.0 Å². The number of cyclic esters (lactones) is 1. The number of fused-ring (bicyclic) bond motifs is 1. The minimum atomic E-state index is -4.32. The molecule has 3 aliphatic carbocycles. The van der Waals surface area contributed by atoms with Crippen LogP contribution in [0.25, 0.3) is 0 Å². The van der Waals surface area contributed by atoms with Crippen LogP contribution >= 0.6 is 0 Å². The first-order chi connectivity index (χ1) is 24.2. The highest BCUT2D eigenvalue weighted by molar-refractivity contribution is 7.91. The summed E-state index contributed by atoms with van der Waals surface area (Å²) in [5.74, 6) is -5.87. The Morgan fingerprint density at radius 2 is 1.76 bits per heavy atom. The van der Waals surface area contributed by atoms with Crippen LogP contribution in [0, 0.1) is 38.9 Å². The SMILES string of the molecule is C=C1C(=O)[C@@]23C(=O)O[C@H]4CCC(C)(C)[C@H]5C(=O)OC[C@@]45[C@@H]2CC[C@@H]1[C@H]3OC(=O)CCC(=O)OCCOc1[nH]o[n+](=O)c1S(=O)(=O)c1ccccc1. The molecule has 51 heavy (non-hydrogen) atoms. The Morgan fingerprint density at radius 3 is 2.51 bits per heavy atom. The number of aromatic nitrogens is 2. The first-order valence-corrected chi connectivity index (χ1v) is 18.2. The number of ketones is 1. The van der Waals surface area contributed by atoms with Gasteiger partial charge in [0, 0.05) is 5.92 Å². The highest BCUT2D eigenvalue weighted by Gasteiger charge is 2.81. The summed E-state index contributed by atoms with van der Waals surface area (Å²) in [5, 5.41) is 1.25. The maximum atomic E-state index is 14.0. The number of carbonyl (C=O) groups excluding carboxylic acids is 5. The Morgan fingerprint density at radius 1 is 1.04 bits per heavy atom. The molecule has 0 amide bonds. The zero-order chi connectivity index (χ0) is 36.5. The van der Waals surface area contributed by atoms with E-state index in [1.807, 2.05) is 13.8 Å². The van der Waals surface area contributed by atoms with Crippen LogP contribution in [0.15, 0.2) is 57.0 Å². The average molecular weight is 730 g/mol. The molecule has 0 unspecified atom stereocenters. The fraction of sp³-hybridized carbons (Fsp3) is 0.559. The van der Waals surface area contributed by atoms with Crippen LogP contribution in [0.1, 0.15) is 52.4 Å². The standard InChI is InChI=1S/C34H37N2O14S/c1-18-20-9-10-21-33-17-47-30(40)25(33)32(2,3)14-13-22(33)48-31(41)34(21,26(18)39)27(20)49-24(38)12-11-23(37)45-15-16-46-28-29(36(42)50-35-28)51(43,44)19-7-5-4-6-8-19/h4-8,20-22,25,27,35H,1,9-17H2,2-3H3/q+1/t20-,21-,22-,25+,27+,33+,34-/m0/s1. The molecule has 2 bridgehead atoms. The van der Waals surface area contributed by atoms with Gasteiger partial charge >= 0.3 is 34.8 Å². The number of carbonyl (C=O) groups is 5. The van der Waals surface area contributed by atoms with Crippen LogP contribution < -0.4 is 9.34 Å². The monoisotopic (exact) mass is 729 g/mol. The van der Waals surface area contributed by atoms with E-state index in [2.05, 4.69) is 16.4 Å². The van der Waals surface area contributed by atoms with Crippen LogP contribution in [0.5, 0.6) is 5.88 Å². The summed E-state index contributed by atoms with van der Waals surface area (Å²) in [7, 11) is -4.32. The van der Waals surface area contributed by atoms with Crippen molar-refractivity contribution >= 4 is 39.5 Å². The van der Waals surface area contributed by atoms with Crippen LogP contribution in [-0.2, 0) is 52.8 Å². The van der Waals surface area contributed by atoms with Gasteiger partial charge in [-0.1, -0.05) is 43.3 Å². The van der Waals surface area contributed by atoms with E-state index in [4.69, 9.17) is 23.7 Å². The van der Waals surface area contributed by atoms with E-state index in [1.54, 1.807) is 6.07 Å². The van der Waals surface area contributed by atoms with Crippen molar-refractivity contribution in [1.29, 1.82) is 0 Å². The van der Waals surface area contributed by atoms with Crippen LogP contribution in [0.3, 0.4) is 0 Å². The van der Waals surface area contributed by atoms with Crippen molar-refractivity contribution in [3.8, 4) is 5.88 Å². The van der Waals surface area contributed by atoms with Crippen molar-refractivity contribution in [1.82, 2.24) is 5.16 Å². The summed E-state index contributed by atoms with van der Waals surface area (Å²) in [4.78, 5) is 78.9. The first-order valence-electron chi connectivity index (χ1n) is 16.7. The van der Waals surface area contributed by atoms with Crippen molar-refractivity contribution in [3.63, 3.8) is 0 Å². The number of nitrogens with one attached hydrogen (secondary N) is 1. The van der Waals surface area contributed by atoms with Crippen molar-refractivity contribution in [2.45, 2.75) is 74.5 Å². The minimum absolute atomic E-state index is 0.00932. The Bertz CT molecular complexity index is 2000. The molecule has 2 saturated heterocycles. The summed E-state index contributed by atoms with van der Waals surface area (Å²) in [6.45, 7) is 7.14. The number of H-pyrrole nitrogens is 1. The molecule has 17 heteroatoms. The third-order valence-corrected chi connectivity index (χ3v) is 13.2. The summed E-state index contributed by atoms with van der Waals surface area (Å²) >= 11 is 0. The quantitative estimate of drug-likeness (QED) is 0.122. The van der Waals surface area contributed by atoms with Gasteiger partial charge in [0.15, 0.2) is 11.2 Å². The topological polar surface area (TPSA) is 218 Å². The Hall–Kier alpha value is -4.80. The molecule has 2 aliphatic heterocycles. The lowest BCUT2D eigenvalue weighted by molar-refractivity contribution is -0.744. The molecule has 5 aliphatic rings. The van der Waals surface area contributed by atoms with Gasteiger partial charge in [0.2, 0.25) is 4.60 Å². The fourth-order valence-corrected chi connectivity index (χ4v) is 10.6. The summed E-state index contributed by atoms with van der Waals surface area (Å²) in [6.07, 6.45) is -0.804. The number of rotatable bonds is 10. The summed E-state index contributed by atoms with van der Waals surface area (Å²) in [6, 6.07) is 7.14. The van der Waals surface area contributed by atoms with E-state index in [-0.39, 0.29) is 34.9 Å². The second-order valence-corrected chi connectivity index (χ2v) is 16.3. The van der Waals surface area contributed by atoms with Crippen LogP contribution in [-0.4, -0.2) is 75.3 Å². The maximum Gasteiger partial charge on any atom is 0.404 e. The molecule has 272 valence electrons. The third kappa shape index (κ3) is 5.05. The number of nitrogens with zero attached hydrogens (tertiary/aromatic N) is 1. The zero-order valence-electron chi connectivity index (χ0n) is 27.9. The number of ether oxygens (including phenoxy) is 5. The van der Waals surface area contributed by atoms with Gasteiger partial charge in [-0.2, -0.15) is 0 Å². The van der Waals surface area contributed by atoms with Gasteiger partial charge in [-0.05, 0) is 64.8 Å². The molecule has 1 aromatic carbocycles. The van der Waals surface area contributed by atoms with Crippen LogP contribution in [0.4, 0.5) is 0 Å². The van der Waals surface area contributed by atoms with Crippen LogP contribution in [0.2, 0.25) is 0 Å². The Kier molecular flexibility index (Phi) is 8.26. The zero-order valence-corrected chi connectivity index (χ0v) is 28.7. The van der Waals surface area contributed by atoms with E-state index >= 15 is 0 Å². The van der Waals surface area contributed by atoms with E-state index in [1.165, 1.54) is 24.3 Å². The van der Waals surface area contributed by atoms with Gasteiger partial charge in [0.05, 0.1) is 29.1 Å². The highest BCUT2D eigenvalue weighted by Crippen LogP contribution is 2.71. The van der Waals surface area contributed by atoms with Crippen molar-refractivity contribution in [2.24, 2.45) is 34.0 Å². The van der Waals surface area contributed by atoms with Crippen molar-refractivity contribution in [3.05, 3.63) is 47.4 Å². The number of hydrogen-bond acceptors (Lipinski definition) is 14. The third-order valence-electron chi connectivity index (χ3n) is 11.4. The number of aromatic amines is 1. The molecule has 7 atom stereocenters. The fourth-order valence-electron chi connectivity index (χ4n) is 9.33. The number of Topliss-reactive ketones (excluding diaryl/α,β-unsaturated/α-hetero) is 1. The number of sulfone groups is 1. The molecule has 2 spiro atoms. The molecule has 1 N–H and O–H groups in total. The summed E-state index contributed by atoms with van der Waals surface area (Å²) in [5.41, 5.74) is -3.18. The number of hydrogen-bond donors (Lipinski definition) is 1. The molecule has 0 radical (unpaired) electrons. The molecule has 3 saturated carbocycles. The molecule has 3 heterocycles. The lowest BCUT2D eigenvalue weighted by Gasteiger charge is -2.61. The van der Waals surface area contributed by atoms with Gasteiger partial charge in [0.25, 0.3) is 9.84 Å². The number of esters is 4. The second-order valence-electron chi connectivity index (χ2n) is 14.4. The predicted molar refractivity (Wildman–Crippen MR) is 166 cm³/mol. The second kappa shape index (κ2) is 12.2. The van der Waals surface area contributed by atoms with Crippen molar-refractivity contribution < 1.29 is 65.3 Å². The molecule has 16 nitrogen and oxygen atoms in total. The Labute approximate surface area is 291 Å². The molecule has 2 aromatic rings. The van der Waals surface area contributed by atoms with E-state index < -0.39 is 109 Å². The van der Waals surface area contributed by atoms with Gasteiger partial charge < -0.3 is 23.7 Å². The molecular weight excluding hydrogens is 692 g/mol. The highest BCUT2D eigenvalue weighted by atomic mass is 32.2. The lowest BCUT2D eigenvalue weighted by Crippen LogP contribution is -2.71. The van der Waals surface area contributed by atoms with E-state index in [0.717, 1.165) is 0 Å². The normalized spacial score (nSPS) is 31.8. The molecular formula is C34H37N2O14S+. The van der Waals surface area contributed by atoms with Gasteiger partial charge in [0.1, 0.15) is 32.0 Å². The minimum Gasteiger partial charge on any atom is -0.465 e. The van der Waals surface area contributed by atoms with E-state index in [9.17, 15) is 37.3 Å². The predicted octanol–water partition coefficient (Wildman–Crippen LogP) is 2.03. The van der Waals surface area contributed by atoms with Gasteiger partial charge in [-0.15, -0.1) is 0 Å². The smallest absolute Gasteiger partial charge is 0.404 e. The molecule has 7 rings (SSSR count). The van der Waals surface area contributed by atoms with Gasteiger partial charge in [-0.25, -0.2) is 8.42 Å².